The van der Waals surface area contributed by atoms with Crippen LogP contribution in [-0.2, 0) is 13.2 Å². The van der Waals surface area contributed by atoms with Gasteiger partial charge < -0.3 is 15.0 Å². The van der Waals surface area contributed by atoms with Crippen LogP contribution in [0.4, 0.5) is 21.8 Å². The number of H-pyrrole nitrogens is 1. The summed E-state index contributed by atoms with van der Waals surface area (Å²) in [4.78, 5) is 15.9. The standard InChI is InChI=1S/C25H21ClFN7O/c26-21-12-19(5-7-23(21)35-14-17-2-1-3-18(27)10-17)33-24-20-11-16(4-6-22(20)30-15-31-24)13-32-34-25-28-8-9-29-25/h1-12,15,32H,13-14H2,(H2,28,29,34)(H,30,31,33). The van der Waals surface area contributed by atoms with E-state index in [1.165, 1.54) is 18.5 Å². The molecule has 176 valence electrons. The van der Waals surface area contributed by atoms with Crippen molar-refractivity contribution in [1.29, 1.82) is 0 Å². The molecule has 0 saturated heterocycles. The molecule has 0 saturated carbocycles. The first-order chi connectivity index (χ1) is 17.1. The predicted octanol–water partition coefficient (Wildman–Crippen LogP) is 5.58. The number of benzene rings is 3. The van der Waals surface area contributed by atoms with Gasteiger partial charge in [-0.2, -0.15) is 0 Å². The molecule has 4 N–H and O–H groups in total. The van der Waals surface area contributed by atoms with Crippen molar-refractivity contribution >= 4 is 40.0 Å². The number of halogens is 2. The molecule has 5 aromatic rings. The number of aromatic nitrogens is 4. The number of anilines is 3. The highest BCUT2D eigenvalue weighted by molar-refractivity contribution is 6.32. The van der Waals surface area contributed by atoms with E-state index >= 15 is 0 Å². The van der Waals surface area contributed by atoms with Gasteiger partial charge >= 0.3 is 0 Å². The van der Waals surface area contributed by atoms with Gasteiger partial charge in [0.2, 0.25) is 5.95 Å². The number of hydrogen-bond donors (Lipinski definition) is 4. The molecular formula is C25H21ClFN7O. The van der Waals surface area contributed by atoms with Gasteiger partial charge in [-0.3, -0.25) is 5.43 Å². The second kappa shape index (κ2) is 10.4. The maximum atomic E-state index is 13.4. The van der Waals surface area contributed by atoms with Crippen LogP contribution >= 0.6 is 11.6 Å². The summed E-state index contributed by atoms with van der Waals surface area (Å²) in [6.07, 6.45) is 4.93. The van der Waals surface area contributed by atoms with Crippen LogP contribution in [0.1, 0.15) is 11.1 Å². The summed E-state index contributed by atoms with van der Waals surface area (Å²) in [6, 6.07) is 17.6. The minimum atomic E-state index is -0.304. The zero-order chi connectivity index (χ0) is 24.0. The molecule has 5 rings (SSSR count). The molecule has 0 aliphatic rings. The molecule has 2 heterocycles. The average Bonchev–Trinajstić information content (AvgIpc) is 3.38. The van der Waals surface area contributed by atoms with E-state index in [2.05, 4.69) is 36.1 Å². The molecule has 0 amide bonds. The van der Waals surface area contributed by atoms with Crippen molar-refractivity contribution in [3.05, 3.63) is 101 Å². The molecule has 0 fully saturated rings. The first-order valence-corrected chi connectivity index (χ1v) is 11.2. The van der Waals surface area contributed by atoms with Crippen molar-refractivity contribution in [1.82, 2.24) is 25.4 Å². The Labute approximate surface area is 205 Å². The van der Waals surface area contributed by atoms with Crippen LogP contribution in [0.15, 0.2) is 79.4 Å². The zero-order valence-electron chi connectivity index (χ0n) is 18.4. The number of hydrazine groups is 1. The van der Waals surface area contributed by atoms with E-state index in [0.717, 1.165) is 27.7 Å². The van der Waals surface area contributed by atoms with E-state index in [4.69, 9.17) is 16.3 Å². The van der Waals surface area contributed by atoms with E-state index < -0.39 is 0 Å². The van der Waals surface area contributed by atoms with Crippen LogP contribution in [0.3, 0.4) is 0 Å². The Balaban J connectivity index is 1.28. The highest BCUT2D eigenvalue weighted by Gasteiger charge is 2.09. The Morgan fingerprint density at radius 1 is 0.971 bits per heavy atom. The van der Waals surface area contributed by atoms with Gasteiger partial charge in [0.1, 0.15) is 30.3 Å². The molecule has 0 aliphatic carbocycles. The van der Waals surface area contributed by atoms with Crippen molar-refractivity contribution in [3.63, 3.8) is 0 Å². The lowest BCUT2D eigenvalue weighted by atomic mass is 10.1. The van der Waals surface area contributed by atoms with Crippen molar-refractivity contribution < 1.29 is 9.13 Å². The van der Waals surface area contributed by atoms with Crippen LogP contribution in [0, 0.1) is 5.82 Å². The zero-order valence-corrected chi connectivity index (χ0v) is 19.2. The second-order valence-electron chi connectivity index (χ2n) is 7.68. The van der Waals surface area contributed by atoms with E-state index in [-0.39, 0.29) is 12.4 Å². The lowest BCUT2D eigenvalue weighted by molar-refractivity contribution is 0.306. The Morgan fingerprint density at radius 3 is 2.74 bits per heavy atom. The number of hydrogen-bond acceptors (Lipinski definition) is 7. The Morgan fingerprint density at radius 2 is 1.91 bits per heavy atom. The van der Waals surface area contributed by atoms with E-state index in [1.54, 1.807) is 36.7 Å². The summed E-state index contributed by atoms with van der Waals surface area (Å²) < 4.78 is 19.1. The van der Waals surface area contributed by atoms with Gasteiger partial charge in [-0.15, -0.1) is 0 Å². The van der Waals surface area contributed by atoms with E-state index in [9.17, 15) is 4.39 Å². The maximum absolute atomic E-state index is 13.4. The third kappa shape index (κ3) is 5.65. The van der Waals surface area contributed by atoms with Crippen molar-refractivity contribution in [2.75, 3.05) is 10.7 Å². The number of nitrogens with one attached hydrogen (secondary N) is 4. The summed E-state index contributed by atoms with van der Waals surface area (Å²) in [5.41, 5.74) is 9.44. The van der Waals surface area contributed by atoms with Crippen molar-refractivity contribution in [2.45, 2.75) is 13.2 Å². The fourth-order valence-corrected chi connectivity index (χ4v) is 3.73. The van der Waals surface area contributed by atoms with Gasteiger partial charge in [-0.05, 0) is 53.6 Å². The number of nitrogens with zero attached hydrogens (tertiary/aromatic N) is 3. The molecule has 0 aliphatic heterocycles. The third-order valence-corrected chi connectivity index (χ3v) is 5.47. The lowest BCUT2D eigenvalue weighted by Gasteiger charge is -2.13. The summed E-state index contributed by atoms with van der Waals surface area (Å²) in [7, 11) is 0. The smallest absolute Gasteiger partial charge is 0.214 e. The van der Waals surface area contributed by atoms with Gasteiger partial charge in [-0.25, -0.2) is 24.8 Å². The first kappa shape index (κ1) is 22.6. The summed E-state index contributed by atoms with van der Waals surface area (Å²) in [5, 5.41) is 4.61. The van der Waals surface area contributed by atoms with Gasteiger partial charge in [0.25, 0.3) is 0 Å². The largest absolute Gasteiger partial charge is 0.487 e. The molecule has 0 bridgehead atoms. The lowest BCUT2D eigenvalue weighted by Crippen LogP contribution is -2.21. The Bertz CT molecular complexity index is 1450. The maximum Gasteiger partial charge on any atom is 0.214 e. The van der Waals surface area contributed by atoms with Crippen molar-refractivity contribution in [2.24, 2.45) is 0 Å². The molecule has 0 unspecified atom stereocenters. The summed E-state index contributed by atoms with van der Waals surface area (Å²) in [5.74, 6) is 1.49. The van der Waals surface area contributed by atoms with Crippen molar-refractivity contribution in [3.8, 4) is 5.75 Å². The number of imidazole rings is 1. The van der Waals surface area contributed by atoms with Gasteiger partial charge in [0.15, 0.2) is 0 Å². The average molecular weight is 490 g/mol. The van der Waals surface area contributed by atoms with Gasteiger partial charge in [0, 0.05) is 30.0 Å². The second-order valence-corrected chi connectivity index (χ2v) is 8.09. The summed E-state index contributed by atoms with van der Waals surface area (Å²) >= 11 is 6.44. The van der Waals surface area contributed by atoms with Crippen LogP contribution in [0.5, 0.6) is 5.75 Å². The molecular weight excluding hydrogens is 469 g/mol. The quantitative estimate of drug-likeness (QED) is 0.200. The SMILES string of the molecule is Fc1cccc(COc2ccc(Nc3ncnc4ccc(CNNc5ncc[nH]5)cc34)cc2Cl)c1. The number of aromatic amines is 1. The topological polar surface area (TPSA) is 99.8 Å². The molecule has 0 atom stereocenters. The highest BCUT2D eigenvalue weighted by Crippen LogP contribution is 2.31. The van der Waals surface area contributed by atoms with Crippen LogP contribution < -0.4 is 20.9 Å². The van der Waals surface area contributed by atoms with Crippen LogP contribution in [0.25, 0.3) is 10.9 Å². The third-order valence-electron chi connectivity index (χ3n) is 5.18. The predicted molar refractivity (Wildman–Crippen MR) is 134 cm³/mol. The molecule has 0 radical (unpaired) electrons. The Kier molecular flexibility index (Phi) is 6.69. The molecule has 8 nitrogen and oxygen atoms in total. The molecule has 35 heavy (non-hydrogen) atoms. The fourth-order valence-electron chi connectivity index (χ4n) is 3.50. The molecule has 3 aromatic carbocycles. The highest BCUT2D eigenvalue weighted by atomic mass is 35.5. The number of rotatable bonds is 9. The molecule has 2 aromatic heterocycles. The number of fused-ring (bicyclic) bond motifs is 1. The molecule has 10 heteroatoms. The van der Waals surface area contributed by atoms with E-state index in [1.807, 2.05) is 24.3 Å². The normalized spacial score (nSPS) is 10.9. The fraction of sp³-hybridized carbons (Fsp3) is 0.0800. The van der Waals surface area contributed by atoms with Crippen LogP contribution in [-0.4, -0.2) is 19.9 Å². The van der Waals surface area contributed by atoms with Crippen LogP contribution in [0.2, 0.25) is 5.02 Å². The van der Waals surface area contributed by atoms with E-state index in [0.29, 0.717) is 29.1 Å². The van der Waals surface area contributed by atoms with Gasteiger partial charge in [0.05, 0.1) is 10.5 Å². The summed E-state index contributed by atoms with van der Waals surface area (Å²) in [6.45, 7) is 0.778. The number of ether oxygens (including phenoxy) is 1. The molecule has 0 spiro atoms. The minimum Gasteiger partial charge on any atom is -0.487 e. The van der Waals surface area contributed by atoms with Gasteiger partial charge in [-0.1, -0.05) is 29.8 Å². The first-order valence-electron chi connectivity index (χ1n) is 10.8. The minimum absolute atomic E-state index is 0.215. The monoisotopic (exact) mass is 489 g/mol. The Hall–Kier alpha value is -4.21.